The number of ether oxygens (including phenoxy) is 1. The Hall–Kier alpha value is -1.58. The molecule has 19 heavy (non-hydrogen) atoms. The summed E-state index contributed by atoms with van der Waals surface area (Å²) in [6.07, 6.45) is 4.95. The van der Waals surface area contributed by atoms with Crippen LogP contribution < -0.4 is 10.5 Å². The molecule has 0 aliphatic heterocycles. The van der Waals surface area contributed by atoms with Crippen LogP contribution in [0.5, 0.6) is 5.75 Å². The highest BCUT2D eigenvalue weighted by Gasteiger charge is 2.33. The number of allylic oxidation sites excluding steroid dienone is 1. The zero-order chi connectivity index (χ0) is 13.9. The zero-order valence-corrected chi connectivity index (χ0v) is 11.0. The lowest BCUT2D eigenvalue weighted by Crippen LogP contribution is -2.23. The minimum atomic E-state index is -2.47. The van der Waals surface area contributed by atoms with Crippen molar-refractivity contribution in [2.75, 3.05) is 12.8 Å². The Morgan fingerprint density at radius 2 is 2.00 bits per heavy atom. The molecule has 1 aliphatic carbocycles. The van der Waals surface area contributed by atoms with Gasteiger partial charge in [-0.3, -0.25) is 0 Å². The summed E-state index contributed by atoms with van der Waals surface area (Å²) in [6.45, 7) is 0. The summed E-state index contributed by atoms with van der Waals surface area (Å²) >= 11 is 0. The molecule has 2 rings (SSSR count). The van der Waals surface area contributed by atoms with E-state index in [2.05, 4.69) is 0 Å². The van der Waals surface area contributed by atoms with Gasteiger partial charge in [0.05, 0.1) is 7.11 Å². The number of hydrogen-bond donors (Lipinski definition) is 1. The highest BCUT2D eigenvalue weighted by atomic mass is 19.3. The van der Waals surface area contributed by atoms with Gasteiger partial charge in [0.15, 0.2) is 0 Å². The summed E-state index contributed by atoms with van der Waals surface area (Å²) in [5.74, 6) is -1.52. The SMILES string of the molecule is COc1ccc(N)cc1C=CC1CCC(F)(F)CC1. The Balaban J connectivity index is 2.05. The van der Waals surface area contributed by atoms with Crippen LogP contribution >= 0.6 is 0 Å². The van der Waals surface area contributed by atoms with Crippen molar-refractivity contribution in [2.45, 2.75) is 31.6 Å². The molecule has 0 heterocycles. The molecule has 0 spiro atoms. The molecule has 1 aromatic rings. The number of hydrogen-bond acceptors (Lipinski definition) is 2. The summed E-state index contributed by atoms with van der Waals surface area (Å²) in [4.78, 5) is 0. The van der Waals surface area contributed by atoms with E-state index in [0.717, 1.165) is 11.3 Å². The summed E-state index contributed by atoms with van der Waals surface area (Å²) in [7, 11) is 1.60. The first kappa shape index (κ1) is 13.8. The number of benzene rings is 1. The second-order valence-corrected chi connectivity index (χ2v) is 5.05. The molecule has 2 nitrogen and oxygen atoms in total. The van der Waals surface area contributed by atoms with Gasteiger partial charge < -0.3 is 10.5 Å². The number of anilines is 1. The first-order valence-corrected chi connectivity index (χ1v) is 6.50. The summed E-state index contributed by atoms with van der Waals surface area (Å²) in [5.41, 5.74) is 7.29. The Bertz CT molecular complexity index is 461. The van der Waals surface area contributed by atoms with Crippen LogP contribution in [0.25, 0.3) is 6.08 Å². The van der Waals surface area contributed by atoms with E-state index in [1.54, 1.807) is 13.2 Å². The van der Waals surface area contributed by atoms with Crippen molar-refractivity contribution >= 4 is 11.8 Å². The fraction of sp³-hybridized carbons (Fsp3) is 0.467. The van der Waals surface area contributed by atoms with Crippen LogP contribution in [-0.2, 0) is 0 Å². The van der Waals surface area contributed by atoms with Crippen molar-refractivity contribution in [2.24, 2.45) is 5.92 Å². The van der Waals surface area contributed by atoms with Crippen LogP contribution in [-0.4, -0.2) is 13.0 Å². The standard InChI is InChI=1S/C15H19F2NO/c1-19-14-5-4-13(18)10-12(14)3-2-11-6-8-15(16,17)9-7-11/h2-5,10-11H,6-9,18H2,1H3. The van der Waals surface area contributed by atoms with Crippen molar-refractivity contribution in [1.82, 2.24) is 0 Å². The van der Waals surface area contributed by atoms with Gasteiger partial charge in [-0.25, -0.2) is 8.78 Å². The van der Waals surface area contributed by atoms with Crippen LogP contribution in [0, 0.1) is 5.92 Å². The molecule has 104 valence electrons. The lowest BCUT2D eigenvalue weighted by molar-refractivity contribution is -0.0410. The maximum absolute atomic E-state index is 13.1. The van der Waals surface area contributed by atoms with Gasteiger partial charge in [0.25, 0.3) is 0 Å². The fourth-order valence-electron chi connectivity index (χ4n) is 2.38. The molecule has 1 aromatic carbocycles. The first-order valence-electron chi connectivity index (χ1n) is 6.50. The van der Waals surface area contributed by atoms with E-state index < -0.39 is 5.92 Å². The molecule has 2 N–H and O–H groups in total. The predicted octanol–water partition coefficient (Wildman–Crippen LogP) is 4.12. The normalized spacial score (nSPS) is 19.7. The van der Waals surface area contributed by atoms with E-state index in [1.807, 2.05) is 24.3 Å². The molecule has 0 amide bonds. The molecule has 0 saturated heterocycles. The largest absolute Gasteiger partial charge is 0.496 e. The number of nitrogens with two attached hydrogens (primary N) is 1. The predicted molar refractivity (Wildman–Crippen MR) is 73.3 cm³/mol. The smallest absolute Gasteiger partial charge is 0.248 e. The topological polar surface area (TPSA) is 35.2 Å². The number of nitrogen functional groups attached to an aromatic ring is 1. The third kappa shape index (κ3) is 3.69. The van der Waals surface area contributed by atoms with E-state index >= 15 is 0 Å². The van der Waals surface area contributed by atoms with Gasteiger partial charge in [0, 0.05) is 24.1 Å². The number of alkyl halides is 2. The molecule has 0 aromatic heterocycles. The molecule has 0 atom stereocenters. The van der Waals surface area contributed by atoms with E-state index in [1.165, 1.54) is 0 Å². The number of methoxy groups -OCH3 is 1. The lowest BCUT2D eigenvalue weighted by atomic mass is 9.86. The molecule has 0 unspecified atom stereocenters. The molecular weight excluding hydrogens is 248 g/mol. The van der Waals surface area contributed by atoms with Crippen LogP contribution in [0.1, 0.15) is 31.2 Å². The van der Waals surface area contributed by atoms with E-state index in [0.29, 0.717) is 18.5 Å². The minimum absolute atomic E-state index is 0.0178. The van der Waals surface area contributed by atoms with E-state index in [-0.39, 0.29) is 18.8 Å². The van der Waals surface area contributed by atoms with Crippen molar-refractivity contribution in [3.63, 3.8) is 0 Å². The van der Waals surface area contributed by atoms with Gasteiger partial charge in [0.1, 0.15) is 5.75 Å². The van der Waals surface area contributed by atoms with Gasteiger partial charge in [-0.2, -0.15) is 0 Å². The quantitative estimate of drug-likeness (QED) is 0.836. The van der Waals surface area contributed by atoms with Crippen molar-refractivity contribution in [3.05, 3.63) is 29.8 Å². The second-order valence-electron chi connectivity index (χ2n) is 5.05. The monoisotopic (exact) mass is 267 g/mol. The molecule has 0 radical (unpaired) electrons. The average molecular weight is 267 g/mol. The molecule has 1 aliphatic rings. The summed E-state index contributed by atoms with van der Waals surface area (Å²) < 4.78 is 31.4. The lowest BCUT2D eigenvalue weighted by Gasteiger charge is -2.26. The molecule has 1 fully saturated rings. The van der Waals surface area contributed by atoms with E-state index in [4.69, 9.17) is 10.5 Å². The molecule has 1 saturated carbocycles. The zero-order valence-electron chi connectivity index (χ0n) is 11.0. The number of halogens is 2. The maximum atomic E-state index is 13.1. The fourth-order valence-corrected chi connectivity index (χ4v) is 2.38. The van der Waals surface area contributed by atoms with Crippen molar-refractivity contribution in [3.8, 4) is 5.75 Å². The van der Waals surface area contributed by atoms with Crippen molar-refractivity contribution in [1.29, 1.82) is 0 Å². The molecule has 4 heteroatoms. The second kappa shape index (κ2) is 5.59. The Morgan fingerprint density at radius 1 is 1.32 bits per heavy atom. The average Bonchev–Trinajstić information content (AvgIpc) is 2.38. The third-order valence-corrected chi connectivity index (χ3v) is 3.56. The molecular formula is C15H19F2NO. The van der Waals surface area contributed by atoms with Crippen LogP contribution in [0.2, 0.25) is 0 Å². The third-order valence-electron chi connectivity index (χ3n) is 3.56. The van der Waals surface area contributed by atoms with Gasteiger partial charge in [0.2, 0.25) is 5.92 Å². The van der Waals surface area contributed by atoms with Gasteiger partial charge in [-0.15, -0.1) is 0 Å². The Morgan fingerprint density at radius 3 is 2.63 bits per heavy atom. The summed E-state index contributed by atoms with van der Waals surface area (Å²) in [5, 5.41) is 0. The van der Waals surface area contributed by atoms with Crippen LogP contribution in [0.4, 0.5) is 14.5 Å². The van der Waals surface area contributed by atoms with Crippen molar-refractivity contribution < 1.29 is 13.5 Å². The molecule has 0 bridgehead atoms. The summed E-state index contributed by atoms with van der Waals surface area (Å²) in [6, 6.07) is 5.41. The Kier molecular flexibility index (Phi) is 4.08. The van der Waals surface area contributed by atoms with E-state index in [9.17, 15) is 8.78 Å². The highest BCUT2D eigenvalue weighted by molar-refractivity contribution is 5.62. The maximum Gasteiger partial charge on any atom is 0.248 e. The minimum Gasteiger partial charge on any atom is -0.496 e. The highest BCUT2D eigenvalue weighted by Crippen LogP contribution is 2.37. The van der Waals surface area contributed by atoms with Crippen LogP contribution in [0.15, 0.2) is 24.3 Å². The first-order chi connectivity index (χ1) is 9.00. The Labute approximate surface area is 112 Å². The van der Waals surface area contributed by atoms with Crippen LogP contribution in [0.3, 0.4) is 0 Å². The number of rotatable bonds is 3. The van der Waals surface area contributed by atoms with Gasteiger partial charge in [-0.1, -0.05) is 12.2 Å². The van der Waals surface area contributed by atoms with Gasteiger partial charge >= 0.3 is 0 Å². The van der Waals surface area contributed by atoms with Gasteiger partial charge in [-0.05, 0) is 37.0 Å².